The molecule has 0 spiro atoms. The molecule has 1 nitrogen and oxygen atoms in total. The lowest BCUT2D eigenvalue weighted by molar-refractivity contribution is 0.640. The van der Waals surface area contributed by atoms with Crippen LogP contribution in [0.4, 0.5) is 0 Å². The van der Waals surface area contributed by atoms with Crippen LogP contribution in [0.1, 0.15) is 23.4 Å². The minimum atomic E-state index is -0.00926. The minimum absolute atomic E-state index is 0.00926. The summed E-state index contributed by atoms with van der Waals surface area (Å²) >= 11 is 23.5. The van der Waals surface area contributed by atoms with Crippen molar-refractivity contribution in [2.24, 2.45) is 0 Å². The molecule has 0 aliphatic rings. The zero-order chi connectivity index (χ0) is 14.0. The van der Waals surface area contributed by atoms with Crippen molar-refractivity contribution in [1.29, 1.82) is 0 Å². The lowest BCUT2D eigenvalue weighted by Crippen LogP contribution is -2.21. The Morgan fingerprint density at radius 1 is 1.32 bits per heavy atom. The van der Waals surface area contributed by atoms with Gasteiger partial charge in [0.05, 0.1) is 16.1 Å². The highest BCUT2D eigenvalue weighted by molar-refractivity contribution is 9.10. The first kappa shape index (κ1) is 15.6. The molecule has 1 N–H and O–H groups in total. The van der Waals surface area contributed by atoms with Crippen LogP contribution >= 0.6 is 62.1 Å². The van der Waals surface area contributed by atoms with Crippen LogP contribution in [0.2, 0.25) is 14.4 Å². The predicted molar refractivity (Wildman–Crippen MR) is 89.0 cm³/mol. The second-order valence-electron chi connectivity index (χ2n) is 3.90. The number of rotatable bonds is 4. The summed E-state index contributed by atoms with van der Waals surface area (Å²) in [6.07, 6.45) is 0. The van der Waals surface area contributed by atoms with E-state index in [1.54, 1.807) is 6.07 Å². The van der Waals surface area contributed by atoms with Gasteiger partial charge in [-0.2, -0.15) is 0 Å². The van der Waals surface area contributed by atoms with E-state index in [2.05, 4.69) is 28.2 Å². The third kappa shape index (κ3) is 3.46. The van der Waals surface area contributed by atoms with Crippen LogP contribution in [0.25, 0.3) is 0 Å². The topological polar surface area (TPSA) is 12.0 Å². The number of thiophene rings is 1. The van der Waals surface area contributed by atoms with Crippen molar-refractivity contribution in [2.45, 2.75) is 13.0 Å². The van der Waals surface area contributed by atoms with Crippen LogP contribution in [-0.2, 0) is 0 Å². The first-order chi connectivity index (χ1) is 9.04. The summed E-state index contributed by atoms with van der Waals surface area (Å²) in [5.41, 5.74) is 0.960. The van der Waals surface area contributed by atoms with Crippen LogP contribution < -0.4 is 5.32 Å². The van der Waals surface area contributed by atoms with E-state index in [0.29, 0.717) is 10.0 Å². The van der Waals surface area contributed by atoms with E-state index in [1.807, 2.05) is 18.2 Å². The van der Waals surface area contributed by atoms with E-state index in [1.165, 1.54) is 11.3 Å². The highest BCUT2D eigenvalue weighted by Crippen LogP contribution is 2.40. The zero-order valence-corrected chi connectivity index (χ0v) is 14.7. The van der Waals surface area contributed by atoms with E-state index >= 15 is 0 Å². The standard InChI is InChI=1S/C13H11BrCl3NS/c1-2-18-12(10-6-8(14)13(17)19-10)7-4-3-5-9(15)11(7)16/h3-6,12,18H,2H2,1H3. The molecule has 0 saturated heterocycles. The Labute approximate surface area is 140 Å². The van der Waals surface area contributed by atoms with Crippen LogP contribution in [0.5, 0.6) is 0 Å². The molecule has 0 saturated carbocycles. The fourth-order valence-electron chi connectivity index (χ4n) is 1.82. The van der Waals surface area contributed by atoms with Gasteiger partial charge in [0.2, 0.25) is 0 Å². The van der Waals surface area contributed by atoms with E-state index in [0.717, 1.165) is 25.8 Å². The van der Waals surface area contributed by atoms with Gasteiger partial charge in [-0.3, -0.25) is 0 Å². The molecule has 1 atom stereocenters. The van der Waals surface area contributed by atoms with Gasteiger partial charge in [-0.1, -0.05) is 53.9 Å². The van der Waals surface area contributed by atoms with Gasteiger partial charge in [-0.15, -0.1) is 11.3 Å². The van der Waals surface area contributed by atoms with Gasteiger partial charge >= 0.3 is 0 Å². The second kappa shape index (κ2) is 6.79. The van der Waals surface area contributed by atoms with Crippen LogP contribution in [0.15, 0.2) is 28.7 Å². The van der Waals surface area contributed by atoms with Crippen LogP contribution in [0.3, 0.4) is 0 Å². The quantitative estimate of drug-likeness (QED) is 0.648. The Morgan fingerprint density at radius 3 is 2.63 bits per heavy atom. The highest BCUT2D eigenvalue weighted by Gasteiger charge is 2.20. The van der Waals surface area contributed by atoms with Crippen LogP contribution in [0, 0.1) is 0 Å². The maximum atomic E-state index is 6.31. The Hall–Kier alpha value is 0.230. The molecule has 1 aromatic heterocycles. The zero-order valence-electron chi connectivity index (χ0n) is 10.0. The minimum Gasteiger partial charge on any atom is -0.306 e. The Kier molecular flexibility index (Phi) is 5.58. The Balaban J connectivity index is 2.48. The van der Waals surface area contributed by atoms with Gasteiger partial charge < -0.3 is 5.32 Å². The van der Waals surface area contributed by atoms with Gasteiger partial charge in [-0.25, -0.2) is 0 Å². The van der Waals surface area contributed by atoms with Crippen molar-refractivity contribution in [3.05, 3.63) is 53.6 Å². The highest BCUT2D eigenvalue weighted by atomic mass is 79.9. The number of hydrogen-bond acceptors (Lipinski definition) is 2. The van der Waals surface area contributed by atoms with Crippen molar-refractivity contribution in [3.63, 3.8) is 0 Å². The number of benzene rings is 1. The normalized spacial score (nSPS) is 12.7. The number of hydrogen-bond donors (Lipinski definition) is 1. The number of nitrogens with one attached hydrogen (secondary N) is 1. The van der Waals surface area contributed by atoms with Crippen molar-refractivity contribution in [2.75, 3.05) is 6.54 Å². The van der Waals surface area contributed by atoms with Crippen molar-refractivity contribution in [3.8, 4) is 0 Å². The number of halogens is 4. The summed E-state index contributed by atoms with van der Waals surface area (Å²) in [4.78, 5) is 1.10. The molecule has 2 aromatic rings. The summed E-state index contributed by atoms with van der Waals surface area (Å²) < 4.78 is 1.63. The predicted octanol–water partition coefficient (Wildman–Crippen LogP) is 6.17. The molecule has 6 heteroatoms. The molecule has 1 heterocycles. The van der Waals surface area contributed by atoms with Crippen molar-refractivity contribution < 1.29 is 0 Å². The SMILES string of the molecule is CCNC(c1cc(Br)c(Cl)s1)c1cccc(Cl)c1Cl. The Bertz CT molecular complexity index is 566. The molecule has 0 bridgehead atoms. The third-order valence-electron chi connectivity index (χ3n) is 2.65. The lowest BCUT2D eigenvalue weighted by atomic mass is 10.1. The monoisotopic (exact) mass is 397 g/mol. The smallest absolute Gasteiger partial charge is 0.107 e. The summed E-state index contributed by atoms with van der Waals surface area (Å²) in [6.45, 7) is 2.87. The van der Waals surface area contributed by atoms with E-state index in [9.17, 15) is 0 Å². The molecule has 19 heavy (non-hydrogen) atoms. The molecule has 0 amide bonds. The molecular formula is C13H11BrCl3NS. The van der Waals surface area contributed by atoms with Gasteiger partial charge in [-0.05, 0) is 40.2 Å². The molecule has 0 aliphatic heterocycles. The van der Waals surface area contributed by atoms with Gasteiger partial charge in [0.15, 0.2) is 0 Å². The second-order valence-corrected chi connectivity index (χ2v) is 7.23. The van der Waals surface area contributed by atoms with Gasteiger partial charge in [0, 0.05) is 9.35 Å². The maximum absolute atomic E-state index is 6.31. The molecule has 1 aromatic carbocycles. The average Bonchev–Trinajstić information content (AvgIpc) is 2.70. The Morgan fingerprint density at radius 2 is 2.05 bits per heavy atom. The first-order valence-electron chi connectivity index (χ1n) is 5.66. The van der Waals surface area contributed by atoms with Crippen LogP contribution in [-0.4, -0.2) is 6.54 Å². The maximum Gasteiger partial charge on any atom is 0.107 e. The van der Waals surface area contributed by atoms with E-state index in [-0.39, 0.29) is 6.04 Å². The fraction of sp³-hybridized carbons (Fsp3) is 0.231. The van der Waals surface area contributed by atoms with Gasteiger partial charge in [0.1, 0.15) is 4.34 Å². The van der Waals surface area contributed by atoms with Crippen molar-refractivity contribution >= 4 is 62.1 Å². The van der Waals surface area contributed by atoms with E-state index in [4.69, 9.17) is 34.8 Å². The third-order valence-corrected chi connectivity index (χ3v) is 6.02. The van der Waals surface area contributed by atoms with E-state index < -0.39 is 0 Å². The molecule has 0 fully saturated rings. The first-order valence-corrected chi connectivity index (χ1v) is 8.41. The fourth-order valence-corrected chi connectivity index (χ4v) is 4.06. The summed E-state index contributed by atoms with van der Waals surface area (Å²) in [5, 5.41) is 4.55. The summed E-state index contributed by atoms with van der Waals surface area (Å²) in [7, 11) is 0. The molecule has 102 valence electrons. The molecule has 2 rings (SSSR count). The lowest BCUT2D eigenvalue weighted by Gasteiger charge is -2.18. The average molecular weight is 400 g/mol. The molecular weight excluding hydrogens is 388 g/mol. The molecule has 0 radical (unpaired) electrons. The molecule has 1 unspecified atom stereocenters. The van der Waals surface area contributed by atoms with Gasteiger partial charge in [0.25, 0.3) is 0 Å². The van der Waals surface area contributed by atoms with Crippen molar-refractivity contribution in [1.82, 2.24) is 5.32 Å². The summed E-state index contributed by atoms with van der Waals surface area (Å²) in [6, 6.07) is 7.66. The molecule has 0 aliphatic carbocycles. The largest absolute Gasteiger partial charge is 0.306 e. The summed E-state index contributed by atoms with van der Waals surface area (Å²) in [5.74, 6) is 0.